The number of aromatic nitrogens is 2. The van der Waals surface area contributed by atoms with Crippen molar-refractivity contribution in [2.75, 3.05) is 12.4 Å². The summed E-state index contributed by atoms with van der Waals surface area (Å²) in [4.78, 5) is 13.0. The molecule has 0 radical (unpaired) electrons. The fraction of sp³-hybridized carbons (Fsp3) is 0.280. The van der Waals surface area contributed by atoms with Crippen molar-refractivity contribution in [3.63, 3.8) is 0 Å². The van der Waals surface area contributed by atoms with Crippen molar-refractivity contribution in [3.8, 4) is 11.4 Å². The molecule has 0 amide bonds. The van der Waals surface area contributed by atoms with Crippen LogP contribution < -0.4 is 10.1 Å². The van der Waals surface area contributed by atoms with Gasteiger partial charge in [0.05, 0.1) is 18.5 Å². The lowest BCUT2D eigenvalue weighted by Crippen LogP contribution is -2.27. The third-order valence-corrected chi connectivity index (χ3v) is 6.14. The number of nitrogens with one attached hydrogen (secondary N) is 1. The minimum Gasteiger partial charge on any atom is -0.497 e. The topological polar surface area (TPSA) is 56.1 Å². The van der Waals surface area contributed by atoms with E-state index in [1.807, 2.05) is 23.7 Å². The number of methoxy groups -OCH3 is 1. The second kappa shape index (κ2) is 7.17. The zero-order valence-corrected chi connectivity index (χ0v) is 17.5. The number of fused-ring (bicyclic) bond motifs is 1. The van der Waals surface area contributed by atoms with Crippen LogP contribution in [-0.4, -0.2) is 22.7 Å². The molecule has 0 saturated heterocycles. The summed E-state index contributed by atoms with van der Waals surface area (Å²) in [5, 5.41) is 8.46. The number of carbonyl (C=O) groups is 1. The van der Waals surface area contributed by atoms with Crippen LogP contribution in [-0.2, 0) is 4.79 Å². The molecule has 1 atom stereocenters. The average molecular weight is 399 g/mol. The maximum absolute atomic E-state index is 13.0. The highest BCUT2D eigenvalue weighted by molar-refractivity contribution is 6.01. The molecule has 5 rings (SSSR count). The van der Waals surface area contributed by atoms with Gasteiger partial charge in [-0.1, -0.05) is 29.8 Å². The van der Waals surface area contributed by atoms with Crippen LogP contribution in [0.25, 0.3) is 5.69 Å². The number of ether oxygens (including phenoxy) is 1. The summed E-state index contributed by atoms with van der Waals surface area (Å²) in [6.07, 6.45) is 2.37. The number of allylic oxidation sites excluding steroid dienone is 2. The Hall–Kier alpha value is -3.34. The van der Waals surface area contributed by atoms with Gasteiger partial charge in [-0.25, -0.2) is 4.68 Å². The lowest BCUT2D eigenvalue weighted by atomic mass is 9.76. The Kier molecular flexibility index (Phi) is 4.46. The summed E-state index contributed by atoms with van der Waals surface area (Å²) in [6, 6.07) is 16.4. The molecule has 1 aliphatic carbocycles. The van der Waals surface area contributed by atoms with Crippen LogP contribution in [0.2, 0.25) is 0 Å². The van der Waals surface area contributed by atoms with E-state index in [1.165, 1.54) is 5.56 Å². The van der Waals surface area contributed by atoms with E-state index < -0.39 is 0 Å². The van der Waals surface area contributed by atoms with Crippen LogP contribution in [0.1, 0.15) is 47.6 Å². The maximum Gasteiger partial charge on any atom is 0.161 e. The fourth-order valence-corrected chi connectivity index (χ4v) is 4.62. The minimum atomic E-state index is -0.117. The van der Waals surface area contributed by atoms with Crippen molar-refractivity contribution < 1.29 is 9.53 Å². The number of nitrogens with zero attached hydrogens (tertiary/aromatic N) is 2. The highest BCUT2D eigenvalue weighted by Crippen LogP contribution is 2.47. The molecule has 2 aliphatic rings. The molecule has 30 heavy (non-hydrogen) atoms. The molecule has 1 aromatic heterocycles. The quantitative estimate of drug-likeness (QED) is 0.669. The number of hydrogen-bond donors (Lipinski definition) is 1. The molecule has 2 aromatic carbocycles. The Balaban J connectivity index is 1.71. The normalized spacial score (nSPS) is 18.0. The lowest BCUT2D eigenvalue weighted by molar-refractivity contribution is -0.116. The van der Waals surface area contributed by atoms with E-state index in [2.05, 4.69) is 48.6 Å². The zero-order valence-electron chi connectivity index (χ0n) is 17.5. The number of carbonyl (C=O) groups excluding carboxylic acids is 1. The summed E-state index contributed by atoms with van der Waals surface area (Å²) >= 11 is 0. The number of rotatable bonds is 3. The highest BCUT2D eigenvalue weighted by Gasteiger charge is 2.38. The van der Waals surface area contributed by atoms with Crippen molar-refractivity contribution >= 4 is 11.6 Å². The standard InChI is InChI=1S/C25H25N3O2/c1-15-7-11-18(12-8-15)28-25-22(16(2)27-28)23(17-9-13-19(30-3)14-10-17)24-20(26-25)5-4-6-21(24)29/h7-14,23,26H,4-6H2,1-3H3/t23-/m1/s1. The summed E-state index contributed by atoms with van der Waals surface area (Å²) in [5.41, 5.74) is 7.25. The first-order valence-corrected chi connectivity index (χ1v) is 10.4. The largest absolute Gasteiger partial charge is 0.497 e. The SMILES string of the molecule is COc1ccc([C@H]2C3=C(CCCC3=O)Nc3c2c(C)nn3-c2ccc(C)cc2)cc1. The van der Waals surface area contributed by atoms with E-state index in [9.17, 15) is 4.79 Å². The van der Waals surface area contributed by atoms with Gasteiger partial charge in [-0.15, -0.1) is 0 Å². The van der Waals surface area contributed by atoms with E-state index in [0.29, 0.717) is 6.42 Å². The number of aryl methyl sites for hydroxylation is 2. The van der Waals surface area contributed by atoms with Gasteiger partial charge >= 0.3 is 0 Å². The molecule has 3 aromatic rings. The van der Waals surface area contributed by atoms with Gasteiger partial charge in [0.15, 0.2) is 5.78 Å². The van der Waals surface area contributed by atoms with Gasteiger partial charge in [-0.3, -0.25) is 4.79 Å². The molecular weight excluding hydrogens is 374 g/mol. The molecule has 0 spiro atoms. The first kappa shape index (κ1) is 18.7. The Morgan fingerprint density at radius 3 is 2.47 bits per heavy atom. The third kappa shape index (κ3) is 2.93. The van der Waals surface area contributed by atoms with Gasteiger partial charge in [0.1, 0.15) is 11.6 Å². The van der Waals surface area contributed by atoms with E-state index in [1.54, 1.807) is 7.11 Å². The first-order valence-electron chi connectivity index (χ1n) is 10.4. The number of anilines is 1. The molecular formula is C25H25N3O2. The lowest BCUT2D eigenvalue weighted by Gasteiger charge is -2.33. The van der Waals surface area contributed by atoms with Crippen molar-refractivity contribution in [2.45, 2.75) is 39.0 Å². The minimum absolute atomic E-state index is 0.117. The van der Waals surface area contributed by atoms with Gasteiger partial charge in [0.2, 0.25) is 0 Å². The van der Waals surface area contributed by atoms with E-state index >= 15 is 0 Å². The van der Waals surface area contributed by atoms with Gasteiger partial charge in [-0.05, 0) is 56.5 Å². The van der Waals surface area contributed by atoms with E-state index in [-0.39, 0.29) is 11.7 Å². The summed E-state index contributed by atoms with van der Waals surface area (Å²) in [7, 11) is 1.67. The average Bonchev–Trinajstić information content (AvgIpc) is 3.09. The van der Waals surface area contributed by atoms with Crippen LogP contribution in [0, 0.1) is 13.8 Å². The van der Waals surface area contributed by atoms with Gasteiger partial charge < -0.3 is 10.1 Å². The molecule has 0 unspecified atom stereocenters. The van der Waals surface area contributed by atoms with E-state index in [0.717, 1.165) is 58.2 Å². The Morgan fingerprint density at radius 1 is 1.03 bits per heavy atom. The molecule has 5 heteroatoms. The summed E-state index contributed by atoms with van der Waals surface area (Å²) < 4.78 is 7.32. The number of benzene rings is 2. The predicted molar refractivity (Wildman–Crippen MR) is 117 cm³/mol. The van der Waals surface area contributed by atoms with Crippen molar-refractivity contribution in [3.05, 3.63) is 82.2 Å². The molecule has 1 aliphatic heterocycles. The Bertz CT molecular complexity index is 1150. The molecule has 152 valence electrons. The van der Waals surface area contributed by atoms with Crippen molar-refractivity contribution in [1.82, 2.24) is 9.78 Å². The van der Waals surface area contributed by atoms with Crippen molar-refractivity contribution in [1.29, 1.82) is 0 Å². The number of hydrogen-bond acceptors (Lipinski definition) is 4. The van der Waals surface area contributed by atoms with Crippen LogP contribution in [0.4, 0.5) is 5.82 Å². The van der Waals surface area contributed by atoms with Crippen LogP contribution in [0.5, 0.6) is 5.75 Å². The molecule has 0 saturated carbocycles. The molecule has 2 heterocycles. The number of ketones is 1. The highest BCUT2D eigenvalue weighted by atomic mass is 16.5. The Labute approximate surface area is 176 Å². The first-order chi connectivity index (χ1) is 14.6. The van der Waals surface area contributed by atoms with Gasteiger partial charge in [0.25, 0.3) is 0 Å². The third-order valence-electron chi connectivity index (χ3n) is 6.14. The second-order valence-electron chi connectivity index (χ2n) is 8.10. The smallest absolute Gasteiger partial charge is 0.161 e. The van der Waals surface area contributed by atoms with E-state index in [4.69, 9.17) is 9.84 Å². The van der Waals surface area contributed by atoms with Gasteiger partial charge in [0, 0.05) is 29.2 Å². The molecule has 5 nitrogen and oxygen atoms in total. The zero-order chi connectivity index (χ0) is 20.8. The maximum atomic E-state index is 13.0. The molecule has 1 N–H and O–H groups in total. The molecule has 0 bridgehead atoms. The van der Waals surface area contributed by atoms with Crippen LogP contribution in [0.15, 0.2) is 59.8 Å². The summed E-state index contributed by atoms with van der Waals surface area (Å²) in [6.45, 7) is 4.11. The summed E-state index contributed by atoms with van der Waals surface area (Å²) in [5.74, 6) is 1.89. The van der Waals surface area contributed by atoms with Crippen molar-refractivity contribution in [2.24, 2.45) is 0 Å². The fourth-order valence-electron chi connectivity index (χ4n) is 4.62. The predicted octanol–water partition coefficient (Wildman–Crippen LogP) is 5.06. The van der Waals surface area contributed by atoms with Gasteiger partial charge in [-0.2, -0.15) is 5.10 Å². The molecule has 0 fully saturated rings. The Morgan fingerprint density at radius 2 is 1.77 bits per heavy atom. The number of Topliss-reactive ketones (excluding diaryl/α,β-unsaturated/α-hetero) is 1. The van der Waals surface area contributed by atoms with Crippen LogP contribution in [0.3, 0.4) is 0 Å². The second-order valence-corrected chi connectivity index (χ2v) is 8.10. The van der Waals surface area contributed by atoms with Crippen LogP contribution >= 0.6 is 0 Å². The monoisotopic (exact) mass is 399 g/mol.